The van der Waals surface area contributed by atoms with Gasteiger partial charge in [-0.1, -0.05) is 19.0 Å². The van der Waals surface area contributed by atoms with Gasteiger partial charge in [0.15, 0.2) is 5.82 Å². The third-order valence-electron chi connectivity index (χ3n) is 5.69. The summed E-state index contributed by atoms with van der Waals surface area (Å²) >= 11 is 0. The Morgan fingerprint density at radius 3 is 2.78 bits per heavy atom. The van der Waals surface area contributed by atoms with Crippen molar-refractivity contribution in [2.24, 2.45) is 5.92 Å². The molecule has 2 aromatic heterocycles. The Bertz CT molecular complexity index is 775. The molecule has 2 aliphatic rings. The highest BCUT2D eigenvalue weighted by atomic mass is 16.5. The van der Waals surface area contributed by atoms with Crippen LogP contribution >= 0.6 is 0 Å². The van der Waals surface area contributed by atoms with Crippen LogP contribution in [0, 0.1) is 5.92 Å². The van der Waals surface area contributed by atoms with Crippen molar-refractivity contribution in [3.8, 4) is 0 Å². The summed E-state index contributed by atoms with van der Waals surface area (Å²) in [5.74, 6) is 4.30. The average Bonchev–Trinajstić information content (AvgIpc) is 3.29. The molecular weight excluding hydrogens is 342 g/mol. The molecule has 8 nitrogen and oxygen atoms in total. The third-order valence-corrected chi connectivity index (χ3v) is 5.69. The first kappa shape index (κ1) is 18.2. The maximum atomic E-state index is 5.47. The first-order chi connectivity index (χ1) is 13.0. The quantitative estimate of drug-likeness (QED) is 0.791. The van der Waals surface area contributed by atoms with Crippen LogP contribution < -0.4 is 9.80 Å². The van der Waals surface area contributed by atoms with Crippen LogP contribution in [0.1, 0.15) is 44.3 Å². The van der Waals surface area contributed by atoms with Gasteiger partial charge >= 0.3 is 0 Å². The molecule has 8 heteroatoms. The summed E-state index contributed by atoms with van der Waals surface area (Å²) in [6.07, 6.45) is 4.27. The van der Waals surface area contributed by atoms with Gasteiger partial charge in [0.1, 0.15) is 5.82 Å². The fraction of sp³-hybridized carbons (Fsp3) is 0.684. The number of likely N-dealkylation sites (tertiary alicyclic amines) is 1. The van der Waals surface area contributed by atoms with Crippen LogP contribution in [0.4, 0.5) is 11.8 Å². The fourth-order valence-corrected chi connectivity index (χ4v) is 4.09. The number of hydrogen-bond acceptors (Lipinski definition) is 8. The van der Waals surface area contributed by atoms with Crippen LogP contribution in [0.15, 0.2) is 16.8 Å². The minimum atomic E-state index is 0.292. The highest BCUT2D eigenvalue weighted by Crippen LogP contribution is 2.33. The first-order valence-electron chi connectivity index (χ1n) is 9.83. The van der Waals surface area contributed by atoms with E-state index in [1.807, 2.05) is 31.3 Å². The molecule has 0 radical (unpaired) electrons. The van der Waals surface area contributed by atoms with Crippen molar-refractivity contribution in [1.29, 1.82) is 0 Å². The Morgan fingerprint density at radius 1 is 1.22 bits per heavy atom. The summed E-state index contributed by atoms with van der Waals surface area (Å²) in [4.78, 5) is 20.6. The lowest BCUT2D eigenvalue weighted by Crippen LogP contribution is -2.48. The number of aromatic nitrogens is 4. The second-order valence-electron chi connectivity index (χ2n) is 8.13. The van der Waals surface area contributed by atoms with Gasteiger partial charge in [-0.25, -0.2) is 4.98 Å². The molecular formula is C19H29N7O. The van der Waals surface area contributed by atoms with Crippen LogP contribution in [0.2, 0.25) is 0 Å². The maximum Gasteiger partial charge on any atom is 0.240 e. The Morgan fingerprint density at radius 2 is 2.04 bits per heavy atom. The van der Waals surface area contributed by atoms with Gasteiger partial charge in [-0.3, -0.25) is 4.90 Å². The third kappa shape index (κ3) is 3.76. The van der Waals surface area contributed by atoms with Crippen molar-refractivity contribution in [2.75, 3.05) is 43.5 Å². The summed E-state index contributed by atoms with van der Waals surface area (Å²) in [5.41, 5.74) is 0. The van der Waals surface area contributed by atoms with E-state index in [-0.39, 0.29) is 0 Å². The number of fused-ring (bicyclic) bond motifs is 1. The van der Waals surface area contributed by atoms with E-state index in [0.29, 0.717) is 12.0 Å². The molecule has 0 spiro atoms. The zero-order valence-electron chi connectivity index (χ0n) is 16.7. The lowest BCUT2D eigenvalue weighted by atomic mass is 9.92. The highest BCUT2D eigenvalue weighted by molar-refractivity contribution is 5.43. The maximum absolute atomic E-state index is 5.47. The van der Waals surface area contributed by atoms with E-state index in [1.165, 1.54) is 12.8 Å². The van der Waals surface area contributed by atoms with E-state index in [2.05, 4.69) is 38.8 Å². The molecule has 0 aromatic carbocycles. The molecule has 0 saturated carbocycles. The molecule has 0 aliphatic carbocycles. The molecule has 0 amide bonds. The van der Waals surface area contributed by atoms with Gasteiger partial charge in [-0.05, 0) is 31.4 Å². The standard InChI is InChI=1S/C19H29N7O/c1-13(2)18-22-17(27-23-18)12-25-9-6-14-7-10-26(11-15(14)25)19-20-8-5-16(21-19)24(3)4/h5,8,13-15H,6-7,9-12H2,1-4H3. The zero-order chi connectivity index (χ0) is 19.0. The summed E-state index contributed by atoms with van der Waals surface area (Å²) in [7, 11) is 4.01. The van der Waals surface area contributed by atoms with E-state index in [9.17, 15) is 0 Å². The molecule has 2 saturated heterocycles. The molecule has 2 fully saturated rings. The second-order valence-corrected chi connectivity index (χ2v) is 8.13. The second kappa shape index (κ2) is 7.42. The van der Waals surface area contributed by atoms with Crippen LogP contribution in [0.3, 0.4) is 0 Å². The predicted octanol–water partition coefficient (Wildman–Crippen LogP) is 2.15. The molecule has 146 valence electrons. The van der Waals surface area contributed by atoms with E-state index in [4.69, 9.17) is 9.51 Å². The summed E-state index contributed by atoms with van der Waals surface area (Å²) in [5, 5.41) is 4.10. The highest BCUT2D eigenvalue weighted by Gasteiger charge is 2.39. The van der Waals surface area contributed by atoms with Crippen molar-refractivity contribution in [2.45, 2.75) is 45.2 Å². The van der Waals surface area contributed by atoms with Gasteiger partial charge < -0.3 is 14.3 Å². The van der Waals surface area contributed by atoms with Crippen molar-refractivity contribution in [3.05, 3.63) is 24.0 Å². The smallest absolute Gasteiger partial charge is 0.240 e. The van der Waals surface area contributed by atoms with Gasteiger partial charge in [0.2, 0.25) is 11.8 Å². The zero-order valence-corrected chi connectivity index (χ0v) is 16.7. The summed E-state index contributed by atoms with van der Waals surface area (Å²) in [6.45, 7) is 7.95. The lowest BCUT2D eigenvalue weighted by molar-refractivity contribution is 0.178. The van der Waals surface area contributed by atoms with E-state index in [1.54, 1.807) is 0 Å². The molecule has 0 N–H and O–H groups in total. The van der Waals surface area contributed by atoms with Gasteiger partial charge in [0.25, 0.3) is 0 Å². The van der Waals surface area contributed by atoms with E-state index in [0.717, 1.165) is 55.6 Å². The van der Waals surface area contributed by atoms with Crippen molar-refractivity contribution in [1.82, 2.24) is 25.0 Å². The summed E-state index contributed by atoms with van der Waals surface area (Å²) < 4.78 is 5.47. The SMILES string of the molecule is CC(C)c1noc(CN2CCC3CCN(c4nccc(N(C)C)n4)CC32)n1. The largest absolute Gasteiger partial charge is 0.363 e. The van der Waals surface area contributed by atoms with Gasteiger partial charge in [-0.2, -0.15) is 9.97 Å². The molecule has 4 heterocycles. The van der Waals surface area contributed by atoms with Gasteiger partial charge in [0, 0.05) is 45.3 Å². The van der Waals surface area contributed by atoms with E-state index >= 15 is 0 Å². The van der Waals surface area contributed by atoms with Crippen LogP contribution in [-0.4, -0.2) is 64.8 Å². The molecule has 4 rings (SSSR count). The molecule has 2 aromatic rings. The molecule has 2 atom stereocenters. The Balaban J connectivity index is 1.46. The normalized spacial score (nSPS) is 23.1. The van der Waals surface area contributed by atoms with E-state index < -0.39 is 0 Å². The van der Waals surface area contributed by atoms with Crippen molar-refractivity contribution >= 4 is 11.8 Å². The Kier molecular flexibility index (Phi) is 4.99. The van der Waals surface area contributed by atoms with Gasteiger partial charge in [-0.15, -0.1) is 0 Å². The number of nitrogens with zero attached hydrogens (tertiary/aromatic N) is 7. The molecule has 2 aliphatic heterocycles. The minimum Gasteiger partial charge on any atom is -0.363 e. The predicted molar refractivity (Wildman–Crippen MR) is 104 cm³/mol. The van der Waals surface area contributed by atoms with Crippen LogP contribution in [-0.2, 0) is 6.54 Å². The Hall–Kier alpha value is -2.22. The van der Waals surface area contributed by atoms with Crippen LogP contribution in [0.5, 0.6) is 0 Å². The topological polar surface area (TPSA) is 74.4 Å². The molecule has 27 heavy (non-hydrogen) atoms. The van der Waals surface area contributed by atoms with Crippen molar-refractivity contribution in [3.63, 3.8) is 0 Å². The lowest BCUT2D eigenvalue weighted by Gasteiger charge is -2.38. The number of piperidine rings is 1. The van der Waals surface area contributed by atoms with Crippen LogP contribution in [0.25, 0.3) is 0 Å². The Labute approximate surface area is 160 Å². The van der Waals surface area contributed by atoms with Crippen molar-refractivity contribution < 1.29 is 4.52 Å². The first-order valence-corrected chi connectivity index (χ1v) is 9.83. The monoisotopic (exact) mass is 371 g/mol. The molecule has 2 unspecified atom stereocenters. The number of rotatable bonds is 5. The molecule has 0 bridgehead atoms. The number of anilines is 2. The summed E-state index contributed by atoms with van der Waals surface area (Å²) in [6, 6.07) is 2.43. The fourth-order valence-electron chi connectivity index (χ4n) is 4.09. The average molecular weight is 371 g/mol. The van der Waals surface area contributed by atoms with Gasteiger partial charge in [0.05, 0.1) is 6.54 Å². The minimum absolute atomic E-state index is 0.292. The number of hydrogen-bond donors (Lipinski definition) is 0.